The summed E-state index contributed by atoms with van der Waals surface area (Å²) < 4.78 is 5.42. The summed E-state index contributed by atoms with van der Waals surface area (Å²) in [4.78, 5) is 41.5. The third-order valence-corrected chi connectivity index (χ3v) is 4.93. The number of amides is 2. The number of ether oxygens (including phenoxy) is 1. The lowest BCUT2D eigenvalue weighted by atomic mass is 10.0. The fraction of sp³-hybridized carbons (Fsp3) is 0.182. The average molecular weight is 423 g/mol. The summed E-state index contributed by atoms with van der Waals surface area (Å²) in [6, 6.07) is 17.1. The van der Waals surface area contributed by atoms with E-state index in [0.29, 0.717) is 10.8 Å². The maximum atomic E-state index is 12.7. The first-order chi connectivity index (χ1) is 14.6. The Morgan fingerprint density at radius 2 is 1.70 bits per heavy atom. The summed E-state index contributed by atoms with van der Waals surface area (Å²) in [7, 11) is 0. The number of rotatable bonds is 10. The van der Waals surface area contributed by atoms with Gasteiger partial charge in [0.25, 0.3) is 11.8 Å². The van der Waals surface area contributed by atoms with Crippen molar-refractivity contribution in [3.8, 4) is 5.75 Å². The van der Waals surface area contributed by atoms with Crippen molar-refractivity contribution < 1.29 is 19.1 Å². The molecule has 30 heavy (non-hydrogen) atoms. The predicted molar refractivity (Wildman–Crippen MR) is 113 cm³/mol. The molecule has 2 aromatic carbocycles. The summed E-state index contributed by atoms with van der Waals surface area (Å²) in [5, 5.41) is 7.66. The Morgan fingerprint density at radius 3 is 2.37 bits per heavy atom. The maximum absolute atomic E-state index is 12.7. The summed E-state index contributed by atoms with van der Waals surface area (Å²) in [5.74, 6) is -1.43. The minimum atomic E-state index is -1.00. The number of carbonyl (C=O) groups is 3. The number of hydrogen-bond acceptors (Lipinski definition) is 6. The fourth-order valence-electron chi connectivity index (χ4n) is 2.70. The van der Waals surface area contributed by atoms with Gasteiger partial charge >= 0.3 is 0 Å². The number of nitrogens with zero attached hydrogens (tertiary/aromatic N) is 1. The van der Waals surface area contributed by atoms with Crippen molar-refractivity contribution in [3.63, 3.8) is 0 Å². The Morgan fingerprint density at radius 1 is 1.00 bits per heavy atom. The Balaban J connectivity index is 1.62. The fourth-order valence-corrected chi connectivity index (χ4v) is 3.26. The number of nitrogens with one attached hydrogen (secondary N) is 2. The minimum absolute atomic E-state index is 0.158. The molecule has 0 aliphatic rings. The van der Waals surface area contributed by atoms with Gasteiger partial charge in [0.2, 0.25) is 5.78 Å². The van der Waals surface area contributed by atoms with Gasteiger partial charge in [0.15, 0.2) is 6.61 Å². The monoisotopic (exact) mass is 423 g/mol. The van der Waals surface area contributed by atoms with E-state index in [0.717, 1.165) is 5.56 Å². The van der Waals surface area contributed by atoms with Crippen LogP contribution in [0.25, 0.3) is 0 Å². The second kappa shape index (κ2) is 10.9. The molecular weight excluding hydrogens is 402 g/mol. The second-order valence-corrected chi connectivity index (χ2v) is 7.36. The third-order valence-electron chi connectivity index (χ3n) is 4.15. The number of aromatic nitrogens is 1. The van der Waals surface area contributed by atoms with Crippen LogP contribution in [0.2, 0.25) is 0 Å². The van der Waals surface area contributed by atoms with Crippen LogP contribution in [0, 0.1) is 0 Å². The van der Waals surface area contributed by atoms with E-state index >= 15 is 0 Å². The zero-order valence-electron chi connectivity index (χ0n) is 16.1. The van der Waals surface area contributed by atoms with Crippen LogP contribution in [0.4, 0.5) is 0 Å². The minimum Gasteiger partial charge on any atom is -0.484 e. The highest BCUT2D eigenvalue weighted by Gasteiger charge is 2.27. The third kappa shape index (κ3) is 6.52. The first-order valence-corrected chi connectivity index (χ1v) is 10.2. The number of ketones is 1. The number of Topliss-reactive ketones (excluding diaryl/α,β-unsaturated/α-hetero) is 1. The van der Waals surface area contributed by atoms with Crippen LogP contribution in [0.15, 0.2) is 72.2 Å². The summed E-state index contributed by atoms with van der Waals surface area (Å²) >= 11 is 1.38. The molecule has 0 radical (unpaired) electrons. The Hall–Kier alpha value is -3.52. The van der Waals surface area contributed by atoms with E-state index in [-0.39, 0.29) is 19.6 Å². The van der Waals surface area contributed by atoms with Crippen molar-refractivity contribution in [3.05, 3.63) is 82.8 Å². The molecule has 1 atom stereocenters. The first-order valence-electron chi connectivity index (χ1n) is 9.33. The molecule has 0 saturated carbocycles. The topological polar surface area (TPSA) is 97.4 Å². The largest absolute Gasteiger partial charge is 0.484 e. The van der Waals surface area contributed by atoms with Crippen molar-refractivity contribution in [2.45, 2.75) is 19.0 Å². The lowest BCUT2D eigenvalue weighted by Crippen LogP contribution is -2.49. The first kappa shape index (κ1) is 21.2. The van der Waals surface area contributed by atoms with Crippen molar-refractivity contribution in [2.75, 3.05) is 6.61 Å². The molecule has 8 heteroatoms. The van der Waals surface area contributed by atoms with Crippen molar-refractivity contribution >= 4 is 28.9 Å². The summed E-state index contributed by atoms with van der Waals surface area (Å²) in [6.45, 7) is -0.103. The molecule has 0 aliphatic heterocycles. The molecule has 0 aliphatic carbocycles. The molecule has 0 saturated heterocycles. The van der Waals surface area contributed by atoms with Crippen LogP contribution in [0.1, 0.15) is 10.6 Å². The van der Waals surface area contributed by atoms with E-state index in [4.69, 9.17) is 4.74 Å². The molecule has 7 nitrogen and oxygen atoms in total. The van der Waals surface area contributed by atoms with Crippen molar-refractivity contribution in [1.29, 1.82) is 0 Å². The molecule has 0 spiro atoms. The lowest BCUT2D eigenvalue weighted by molar-refractivity contribution is -0.140. The molecule has 0 fully saturated rings. The highest BCUT2D eigenvalue weighted by molar-refractivity contribution is 7.09. The molecule has 1 heterocycles. The van der Waals surface area contributed by atoms with Gasteiger partial charge in [0, 0.05) is 18.0 Å². The number of hydrogen-bond donors (Lipinski definition) is 2. The van der Waals surface area contributed by atoms with Crippen LogP contribution >= 0.6 is 11.3 Å². The van der Waals surface area contributed by atoms with Gasteiger partial charge in [-0.2, -0.15) is 0 Å². The summed E-state index contributed by atoms with van der Waals surface area (Å²) in [5.41, 5.74) is 0.827. The van der Waals surface area contributed by atoms with Gasteiger partial charge in [0.1, 0.15) is 16.8 Å². The van der Waals surface area contributed by atoms with Gasteiger partial charge in [0.05, 0.1) is 6.54 Å². The van der Waals surface area contributed by atoms with Crippen molar-refractivity contribution in [2.24, 2.45) is 0 Å². The maximum Gasteiger partial charge on any atom is 0.289 e. The van der Waals surface area contributed by atoms with E-state index in [1.165, 1.54) is 11.3 Å². The van der Waals surface area contributed by atoms with Gasteiger partial charge in [-0.25, -0.2) is 4.98 Å². The lowest BCUT2D eigenvalue weighted by Gasteiger charge is -2.18. The standard InChI is InChI=1S/C22H21N3O4S/c26-19(15-29-17-9-5-2-6-10-17)25-18(13-16-7-3-1-4-8-16)21(27)22(28)24-14-20-23-11-12-30-20/h1-12,18H,13-15H2,(H,24,28)(H,25,26)/t18-/m1/s1. The molecule has 154 valence electrons. The van der Waals surface area contributed by atoms with Gasteiger partial charge in [-0.1, -0.05) is 48.5 Å². The quantitative estimate of drug-likeness (QED) is 0.487. The normalized spacial score (nSPS) is 11.3. The Bertz CT molecular complexity index is 963. The molecular formula is C22H21N3O4S. The molecule has 0 bridgehead atoms. The van der Waals surface area contributed by atoms with Crippen molar-refractivity contribution in [1.82, 2.24) is 15.6 Å². The van der Waals surface area contributed by atoms with Crippen LogP contribution in [0.5, 0.6) is 5.75 Å². The van der Waals surface area contributed by atoms with E-state index in [2.05, 4.69) is 15.6 Å². The van der Waals surface area contributed by atoms with Gasteiger partial charge < -0.3 is 15.4 Å². The number of benzene rings is 2. The molecule has 3 rings (SSSR count). The van der Waals surface area contributed by atoms with Crippen LogP contribution < -0.4 is 15.4 Å². The van der Waals surface area contributed by atoms with Crippen LogP contribution in [0.3, 0.4) is 0 Å². The highest BCUT2D eigenvalue weighted by atomic mass is 32.1. The molecule has 0 unspecified atom stereocenters. The smallest absolute Gasteiger partial charge is 0.289 e. The highest BCUT2D eigenvalue weighted by Crippen LogP contribution is 2.09. The van der Waals surface area contributed by atoms with E-state index in [1.807, 2.05) is 36.4 Å². The zero-order chi connectivity index (χ0) is 21.2. The van der Waals surface area contributed by atoms with Gasteiger partial charge in [-0.3, -0.25) is 14.4 Å². The summed E-state index contributed by atoms with van der Waals surface area (Å²) in [6.07, 6.45) is 1.82. The molecule has 2 N–H and O–H groups in total. The zero-order valence-corrected chi connectivity index (χ0v) is 16.9. The molecule has 1 aromatic heterocycles. The van der Waals surface area contributed by atoms with Crippen LogP contribution in [-0.2, 0) is 27.3 Å². The van der Waals surface area contributed by atoms with Gasteiger partial charge in [-0.05, 0) is 17.7 Å². The van der Waals surface area contributed by atoms with E-state index < -0.39 is 23.6 Å². The molecule has 3 aromatic rings. The predicted octanol–water partition coefficient (Wildman–Crippen LogP) is 2.13. The second-order valence-electron chi connectivity index (χ2n) is 6.38. The number of thiazole rings is 1. The average Bonchev–Trinajstić information content (AvgIpc) is 3.30. The number of carbonyl (C=O) groups excluding carboxylic acids is 3. The SMILES string of the molecule is O=C(COc1ccccc1)N[C@H](Cc1ccccc1)C(=O)C(=O)NCc1nccs1. The Labute approximate surface area is 178 Å². The van der Waals surface area contributed by atoms with Crippen LogP contribution in [-0.4, -0.2) is 35.2 Å². The van der Waals surface area contributed by atoms with E-state index in [9.17, 15) is 14.4 Å². The molecule has 2 amide bonds. The van der Waals surface area contributed by atoms with Gasteiger partial charge in [-0.15, -0.1) is 11.3 Å². The Kier molecular flexibility index (Phi) is 7.68. The van der Waals surface area contributed by atoms with E-state index in [1.54, 1.807) is 35.8 Å². The number of para-hydroxylation sites is 1.